The molecule has 3 saturated heterocycles. The molecular weight excluding hydrogens is 391 g/mol. The van der Waals surface area contributed by atoms with Crippen LogP contribution in [-0.4, -0.2) is 41.0 Å². The number of fused-ring (bicyclic) bond motifs is 3. The van der Waals surface area contributed by atoms with Gasteiger partial charge in [0.05, 0.1) is 6.20 Å². The van der Waals surface area contributed by atoms with Gasteiger partial charge in [-0.1, -0.05) is 11.3 Å². The molecule has 5 nitrogen and oxygen atoms in total. The number of thiazole rings is 1. The minimum absolute atomic E-state index is 0.0469. The van der Waals surface area contributed by atoms with Crippen molar-refractivity contribution in [1.29, 1.82) is 0 Å². The molecule has 1 amide bonds. The Morgan fingerprint density at radius 1 is 1.25 bits per heavy atom. The Balaban J connectivity index is 1.39. The highest BCUT2D eigenvalue weighted by Gasteiger charge is 2.40. The van der Waals surface area contributed by atoms with Crippen molar-refractivity contribution < 1.29 is 22.7 Å². The van der Waals surface area contributed by atoms with Crippen molar-refractivity contribution >= 4 is 17.2 Å². The minimum Gasteiger partial charge on any atom is -0.445 e. The molecule has 2 atom stereocenters. The van der Waals surface area contributed by atoms with Gasteiger partial charge in [0, 0.05) is 17.6 Å². The summed E-state index contributed by atoms with van der Waals surface area (Å²) in [5.74, 6) is 0.722. The maximum atomic E-state index is 12.6. The second-order valence-electron chi connectivity index (χ2n) is 7.22. The standard InChI is InChI=1S/C19H20F3N3O2S/c1-11-16(12-6-8-25(11)9-7-12)24-17(26)13-2-4-14(5-3-13)27-15-10-23-18(28-15)19(20,21)22/h2-5,10-12,16H,6-9H2,1H3,(H,24,26). The molecule has 2 bridgehead atoms. The Labute approximate surface area is 164 Å². The van der Waals surface area contributed by atoms with Gasteiger partial charge in [-0.3, -0.25) is 9.69 Å². The van der Waals surface area contributed by atoms with Gasteiger partial charge in [0.2, 0.25) is 10.1 Å². The van der Waals surface area contributed by atoms with E-state index >= 15 is 0 Å². The fourth-order valence-corrected chi connectivity index (χ4v) is 4.66. The number of nitrogens with zero attached hydrogens (tertiary/aromatic N) is 2. The fourth-order valence-electron chi connectivity index (χ4n) is 4.01. The average molecular weight is 411 g/mol. The molecular formula is C19H20F3N3O2S. The number of hydrogen-bond acceptors (Lipinski definition) is 5. The molecule has 0 saturated carbocycles. The summed E-state index contributed by atoms with van der Waals surface area (Å²) in [5, 5.41) is 2.24. The molecule has 1 N–H and O–H groups in total. The van der Waals surface area contributed by atoms with E-state index in [9.17, 15) is 18.0 Å². The van der Waals surface area contributed by atoms with Crippen molar-refractivity contribution in [3.63, 3.8) is 0 Å². The van der Waals surface area contributed by atoms with Crippen LogP contribution in [0.3, 0.4) is 0 Å². The summed E-state index contributed by atoms with van der Waals surface area (Å²) in [6.45, 7) is 4.34. The van der Waals surface area contributed by atoms with Gasteiger partial charge in [-0.05, 0) is 63.0 Å². The monoisotopic (exact) mass is 411 g/mol. The summed E-state index contributed by atoms with van der Waals surface area (Å²) < 4.78 is 43.2. The minimum atomic E-state index is -4.49. The first kappa shape index (κ1) is 19.2. The number of nitrogens with one attached hydrogen (secondary N) is 1. The summed E-state index contributed by atoms with van der Waals surface area (Å²) in [5.41, 5.74) is 0.497. The second kappa shape index (κ2) is 7.36. The molecule has 5 rings (SSSR count). The van der Waals surface area contributed by atoms with Crippen LogP contribution in [0, 0.1) is 5.92 Å². The third-order valence-electron chi connectivity index (χ3n) is 5.54. The van der Waals surface area contributed by atoms with E-state index in [1.807, 2.05) is 0 Å². The van der Waals surface area contributed by atoms with Crippen molar-refractivity contribution in [2.45, 2.75) is 38.0 Å². The van der Waals surface area contributed by atoms with Crippen LogP contribution in [0.5, 0.6) is 10.8 Å². The van der Waals surface area contributed by atoms with Crippen LogP contribution >= 0.6 is 11.3 Å². The molecule has 9 heteroatoms. The number of piperidine rings is 3. The number of hydrogen-bond donors (Lipinski definition) is 1. The van der Waals surface area contributed by atoms with Crippen molar-refractivity contribution in [2.24, 2.45) is 5.92 Å². The van der Waals surface area contributed by atoms with E-state index < -0.39 is 11.2 Å². The van der Waals surface area contributed by atoms with E-state index in [1.54, 1.807) is 24.3 Å². The van der Waals surface area contributed by atoms with Crippen LogP contribution in [0.25, 0.3) is 0 Å². The van der Waals surface area contributed by atoms with Crippen molar-refractivity contribution in [3.8, 4) is 10.8 Å². The van der Waals surface area contributed by atoms with E-state index in [1.165, 1.54) is 0 Å². The molecule has 0 aliphatic carbocycles. The lowest BCUT2D eigenvalue weighted by Gasteiger charge is -2.49. The van der Waals surface area contributed by atoms with Gasteiger partial charge in [0.15, 0.2) is 0 Å². The first-order valence-corrected chi connectivity index (χ1v) is 9.99. The Kier molecular flexibility index (Phi) is 5.05. The lowest BCUT2D eigenvalue weighted by Crippen LogP contribution is -2.62. The summed E-state index contributed by atoms with van der Waals surface area (Å²) in [6.07, 6.45) is -1.23. The number of alkyl halides is 3. The highest BCUT2D eigenvalue weighted by Crippen LogP contribution is 2.37. The third kappa shape index (κ3) is 3.86. The topological polar surface area (TPSA) is 54.5 Å². The predicted octanol–water partition coefficient (Wildman–Crippen LogP) is 4.17. The van der Waals surface area contributed by atoms with Gasteiger partial charge in [-0.2, -0.15) is 13.2 Å². The summed E-state index contributed by atoms with van der Waals surface area (Å²) in [4.78, 5) is 18.3. The molecule has 0 radical (unpaired) electrons. The third-order valence-corrected chi connectivity index (χ3v) is 6.46. The predicted molar refractivity (Wildman–Crippen MR) is 98.6 cm³/mol. The van der Waals surface area contributed by atoms with Gasteiger partial charge >= 0.3 is 6.18 Å². The fraction of sp³-hybridized carbons (Fsp3) is 0.474. The highest BCUT2D eigenvalue weighted by atomic mass is 32.1. The van der Waals surface area contributed by atoms with Crippen molar-refractivity contribution in [1.82, 2.24) is 15.2 Å². The first-order valence-electron chi connectivity index (χ1n) is 9.17. The SMILES string of the molecule is CC1C(NC(=O)c2ccc(Oc3cnc(C(F)(F)F)s3)cc2)C2CCN1CC2. The zero-order chi connectivity index (χ0) is 19.9. The molecule has 4 heterocycles. The van der Waals surface area contributed by atoms with Crippen LogP contribution in [0.1, 0.15) is 35.1 Å². The first-order chi connectivity index (χ1) is 13.3. The van der Waals surface area contributed by atoms with Gasteiger partial charge in [0.25, 0.3) is 5.91 Å². The maximum absolute atomic E-state index is 12.6. The van der Waals surface area contributed by atoms with Crippen LogP contribution in [-0.2, 0) is 6.18 Å². The highest BCUT2D eigenvalue weighted by molar-refractivity contribution is 7.13. The largest absolute Gasteiger partial charge is 0.445 e. The van der Waals surface area contributed by atoms with E-state index in [-0.39, 0.29) is 17.0 Å². The average Bonchev–Trinajstić information content (AvgIpc) is 3.14. The van der Waals surface area contributed by atoms with Gasteiger partial charge in [-0.15, -0.1) is 0 Å². The van der Waals surface area contributed by atoms with Gasteiger partial charge in [-0.25, -0.2) is 4.98 Å². The Morgan fingerprint density at radius 2 is 1.93 bits per heavy atom. The Morgan fingerprint density at radius 3 is 2.50 bits per heavy atom. The second-order valence-corrected chi connectivity index (χ2v) is 8.22. The Bertz CT molecular complexity index is 843. The Hall–Kier alpha value is -2.13. The lowest BCUT2D eigenvalue weighted by atomic mass is 9.79. The molecule has 28 heavy (non-hydrogen) atoms. The van der Waals surface area contributed by atoms with Gasteiger partial charge < -0.3 is 10.1 Å². The molecule has 2 aromatic rings. The van der Waals surface area contributed by atoms with E-state index in [0.717, 1.165) is 32.1 Å². The summed E-state index contributed by atoms with van der Waals surface area (Å²) in [6, 6.07) is 6.84. The number of ether oxygens (including phenoxy) is 1. The quantitative estimate of drug-likeness (QED) is 0.821. The number of halogens is 3. The number of benzene rings is 1. The number of carbonyl (C=O) groups is 1. The smallest absolute Gasteiger partial charge is 0.443 e. The van der Waals surface area contributed by atoms with Crippen LogP contribution in [0.4, 0.5) is 13.2 Å². The van der Waals surface area contributed by atoms with Crippen molar-refractivity contribution in [3.05, 3.63) is 41.0 Å². The van der Waals surface area contributed by atoms with Crippen LogP contribution < -0.4 is 10.1 Å². The number of amides is 1. The summed E-state index contributed by atoms with van der Waals surface area (Å²) in [7, 11) is 0. The van der Waals surface area contributed by atoms with E-state index in [2.05, 4.69) is 22.1 Å². The van der Waals surface area contributed by atoms with Crippen LogP contribution in [0.15, 0.2) is 30.5 Å². The molecule has 0 spiro atoms. The summed E-state index contributed by atoms with van der Waals surface area (Å²) >= 11 is 0.433. The normalized spacial score (nSPS) is 26.9. The van der Waals surface area contributed by atoms with Gasteiger partial charge in [0.1, 0.15) is 5.75 Å². The molecule has 150 valence electrons. The van der Waals surface area contributed by atoms with Crippen LogP contribution in [0.2, 0.25) is 0 Å². The zero-order valence-corrected chi connectivity index (χ0v) is 16.0. The lowest BCUT2D eigenvalue weighted by molar-refractivity contribution is -0.137. The molecule has 3 fully saturated rings. The molecule has 2 unspecified atom stereocenters. The maximum Gasteiger partial charge on any atom is 0.443 e. The zero-order valence-electron chi connectivity index (χ0n) is 15.2. The number of carbonyl (C=O) groups excluding carboxylic acids is 1. The molecule has 1 aromatic heterocycles. The molecule has 3 aliphatic heterocycles. The van der Waals surface area contributed by atoms with E-state index in [4.69, 9.17) is 4.74 Å². The molecule has 1 aromatic carbocycles. The van der Waals surface area contributed by atoms with E-state index in [0.29, 0.717) is 34.6 Å². The molecule has 3 aliphatic rings. The van der Waals surface area contributed by atoms with Crippen molar-refractivity contribution in [2.75, 3.05) is 13.1 Å². The number of aromatic nitrogens is 1. The number of rotatable bonds is 4.